The second-order valence-electron chi connectivity index (χ2n) is 3.99. The summed E-state index contributed by atoms with van der Waals surface area (Å²) in [6.07, 6.45) is 0. The number of thiophene rings is 1. The Kier molecular flexibility index (Phi) is 4.93. The fourth-order valence-electron chi connectivity index (χ4n) is 1.60. The third kappa shape index (κ3) is 3.89. The standard InChI is InChI=1S/C13H11BrF3NOS/c1-7-10(14)5-9(20-7)6-18-8-2-3-12(11(15)4-8)19-13(16)17/h2-5,13,18H,6H2,1H3. The molecule has 0 aliphatic carbocycles. The first-order valence-electron chi connectivity index (χ1n) is 5.68. The van der Waals surface area contributed by atoms with Crippen LogP contribution in [0, 0.1) is 12.7 Å². The zero-order valence-corrected chi connectivity index (χ0v) is 12.8. The number of alkyl halides is 2. The molecule has 0 aliphatic heterocycles. The van der Waals surface area contributed by atoms with Gasteiger partial charge in [0.1, 0.15) is 0 Å². The number of aryl methyl sites for hydroxylation is 1. The number of halogens is 4. The Balaban J connectivity index is 2.01. The van der Waals surface area contributed by atoms with E-state index in [-0.39, 0.29) is 0 Å². The number of benzene rings is 1. The molecule has 1 aromatic heterocycles. The molecule has 0 unspecified atom stereocenters. The van der Waals surface area contributed by atoms with E-state index in [4.69, 9.17) is 0 Å². The number of rotatable bonds is 5. The maximum absolute atomic E-state index is 13.5. The highest BCUT2D eigenvalue weighted by atomic mass is 79.9. The van der Waals surface area contributed by atoms with Gasteiger partial charge in [0.15, 0.2) is 11.6 Å². The van der Waals surface area contributed by atoms with E-state index in [2.05, 4.69) is 26.0 Å². The van der Waals surface area contributed by atoms with E-state index < -0.39 is 18.2 Å². The fourth-order valence-corrected chi connectivity index (χ4v) is 3.14. The quantitative estimate of drug-likeness (QED) is 0.788. The lowest BCUT2D eigenvalue weighted by Crippen LogP contribution is -2.04. The first-order chi connectivity index (χ1) is 9.45. The van der Waals surface area contributed by atoms with Crippen molar-refractivity contribution in [1.29, 1.82) is 0 Å². The van der Waals surface area contributed by atoms with Gasteiger partial charge in [-0.3, -0.25) is 0 Å². The summed E-state index contributed by atoms with van der Waals surface area (Å²) in [6, 6.07) is 5.79. The Morgan fingerprint density at radius 3 is 2.65 bits per heavy atom. The van der Waals surface area contributed by atoms with E-state index in [9.17, 15) is 13.2 Å². The summed E-state index contributed by atoms with van der Waals surface area (Å²) in [7, 11) is 0. The normalized spacial score (nSPS) is 10.9. The van der Waals surface area contributed by atoms with E-state index in [0.717, 1.165) is 20.3 Å². The average molecular weight is 366 g/mol. The molecule has 1 heterocycles. The number of nitrogens with one attached hydrogen (secondary N) is 1. The van der Waals surface area contributed by atoms with Gasteiger partial charge in [-0.05, 0) is 41.1 Å². The van der Waals surface area contributed by atoms with Crippen LogP contribution in [-0.2, 0) is 6.54 Å². The molecule has 7 heteroatoms. The topological polar surface area (TPSA) is 21.3 Å². The fraction of sp³-hybridized carbons (Fsp3) is 0.231. The van der Waals surface area contributed by atoms with Crippen LogP contribution in [0.3, 0.4) is 0 Å². The molecule has 0 fully saturated rings. The molecule has 0 saturated heterocycles. The average Bonchev–Trinajstić information content (AvgIpc) is 2.69. The van der Waals surface area contributed by atoms with Gasteiger partial charge in [0.05, 0.1) is 0 Å². The highest BCUT2D eigenvalue weighted by molar-refractivity contribution is 9.10. The van der Waals surface area contributed by atoms with E-state index in [1.165, 1.54) is 12.1 Å². The molecule has 0 atom stereocenters. The van der Waals surface area contributed by atoms with Gasteiger partial charge in [0.25, 0.3) is 0 Å². The second kappa shape index (κ2) is 6.49. The lowest BCUT2D eigenvalue weighted by molar-refractivity contribution is -0.0521. The van der Waals surface area contributed by atoms with Gasteiger partial charge < -0.3 is 10.1 Å². The zero-order chi connectivity index (χ0) is 14.7. The Labute approximate surface area is 126 Å². The van der Waals surface area contributed by atoms with Crippen molar-refractivity contribution in [3.05, 3.63) is 44.3 Å². The Morgan fingerprint density at radius 2 is 2.10 bits per heavy atom. The van der Waals surface area contributed by atoms with Crippen molar-refractivity contribution in [3.63, 3.8) is 0 Å². The number of hydrogen-bond acceptors (Lipinski definition) is 3. The SMILES string of the molecule is Cc1sc(CNc2ccc(OC(F)F)c(F)c2)cc1Br. The molecule has 0 aliphatic rings. The van der Waals surface area contributed by atoms with Gasteiger partial charge in [-0.25, -0.2) is 4.39 Å². The number of hydrogen-bond donors (Lipinski definition) is 1. The largest absolute Gasteiger partial charge is 0.432 e. The van der Waals surface area contributed by atoms with Gasteiger partial charge in [0, 0.05) is 32.5 Å². The highest BCUT2D eigenvalue weighted by Crippen LogP contribution is 2.28. The summed E-state index contributed by atoms with van der Waals surface area (Å²) in [6.45, 7) is -0.505. The van der Waals surface area contributed by atoms with Crippen LogP contribution in [0.15, 0.2) is 28.7 Å². The Morgan fingerprint density at radius 1 is 1.35 bits per heavy atom. The molecule has 1 N–H and O–H groups in total. The third-order valence-corrected chi connectivity index (χ3v) is 4.66. The van der Waals surface area contributed by atoms with Crippen LogP contribution in [0.2, 0.25) is 0 Å². The lowest BCUT2D eigenvalue weighted by atomic mass is 10.3. The molecular formula is C13H11BrF3NOS. The molecular weight excluding hydrogens is 355 g/mol. The molecule has 20 heavy (non-hydrogen) atoms. The van der Waals surface area contributed by atoms with Crippen molar-refractivity contribution in [3.8, 4) is 5.75 Å². The molecule has 1 aromatic carbocycles. The van der Waals surface area contributed by atoms with Crippen LogP contribution >= 0.6 is 27.3 Å². The van der Waals surface area contributed by atoms with E-state index in [1.807, 2.05) is 13.0 Å². The summed E-state index contributed by atoms with van der Waals surface area (Å²) in [5.41, 5.74) is 0.506. The van der Waals surface area contributed by atoms with Crippen molar-refractivity contribution < 1.29 is 17.9 Å². The molecule has 2 rings (SSSR count). The van der Waals surface area contributed by atoms with Crippen LogP contribution in [0.1, 0.15) is 9.75 Å². The number of ether oxygens (including phenoxy) is 1. The minimum absolute atomic E-state index is 0.458. The Hall–Kier alpha value is -1.21. The van der Waals surface area contributed by atoms with Crippen molar-refractivity contribution in [2.45, 2.75) is 20.1 Å². The van der Waals surface area contributed by atoms with Crippen molar-refractivity contribution in [1.82, 2.24) is 0 Å². The summed E-state index contributed by atoms with van der Waals surface area (Å²) in [5.74, 6) is -1.28. The van der Waals surface area contributed by atoms with Crippen LogP contribution in [0.25, 0.3) is 0 Å². The van der Waals surface area contributed by atoms with E-state index in [1.54, 1.807) is 11.3 Å². The molecule has 0 spiro atoms. The molecule has 0 amide bonds. The number of anilines is 1. The van der Waals surface area contributed by atoms with Crippen molar-refractivity contribution in [2.24, 2.45) is 0 Å². The maximum Gasteiger partial charge on any atom is 0.387 e. The summed E-state index contributed by atoms with van der Waals surface area (Å²) in [4.78, 5) is 2.25. The van der Waals surface area contributed by atoms with Gasteiger partial charge in [-0.15, -0.1) is 11.3 Å². The molecule has 108 valence electrons. The predicted octanol–water partition coefficient (Wildman–Crippen LogP) is 5.17. The van der Waals surface area contributed by atoms with Crippen LogP contribution in [0.4, 0.5) is 18.9 Å². The maximum atomic E-state index is 13.5. The Bertz CT molecular complexity index is 584. The second-order valence-corrected chi connectivity index (χ2v) is 6.19. The van der Waals surface area contributed by atoms with Crippen molar-refractivity contribution >= 4 is 33.0 Å². The highest BCUT2D eigenvalue weighted by Gasteiger charge is 2.10. The molecule has 2 aromatic rings. The van der Waals surface area contributed by atoms with E-state index >= 15 is 0 Å². The molecule has 0 saturated carbocycles. The van der Waals surface area contributed by atoms with Gasteiger partial charge in [-0.2, -0.15) is 8.78 Å². The minimum atomic E-state index is -3.03. The minimum Gasteiger partial charge on any atom is -0.432 e. The predicted molar refractivity (Wildman–Crippen MR) is 77.1 cm³/mol. The van der Waals surface area contributed by atoms with Gasteiger partial charge >= 0.3 is 6.61 Å². The monoisotopic (exact) mass is 365 g/mol. The third-order valence-electron chi connectivity index (χ3n) is 2.52. The van der Waals surface area contributed by atoms with Crippen molar-refractivity contribution in [2.75, 3.05) is 5.32 Å². The zero-order valence-electron chi connectivity index (χ0n) is 10.4. The van der Waals surface area contributed by atoms with E-state index in [0.29, 0.717) is 12.2 Å². The summed E-state index contributed by atoms with van der Waals surface area (Å²) in [5, 5.41) is 3.03. The lowest BCUT2D eigenvalue weighted by Gasteiger charge is -2.08. The summed E-state index contributed by atoms with van der Waals surface area (Å²) >= 11 is 5.04. The smallest absolute Gasteiger partial charge is 0.387 e. The van der Waals surface area contributed by atoms with Crippen LogP contribution in [-0.4, -0.2) is 6.61 Å². The molecule has 0 bridgehead atoms. The first-order valence-corrected chi connectivity index (χ1v) is 7.29. The van der Waals surface area contributed by atoms with Gasteiger partial charge in [-0.1, -0.05) is 0 Å². The molecule has 2 nitrogen and oxygen atoms in total. The first kappa shape index (κ1) is 15.2. The molecule has 0 radical (unpaired) electrons. The van der Waals surface area contributed by atoms with Crippen LogP contribution in [0.5, 0.6) is 5.75 Å². The summed E-state index contributed by atoms with van der Waals surface area (Å²) < 4.78 is 42.6. The van der Waals surface area contributed by atoms with Crippen LogP contribution < -0.4 is 10.1 Å². The van der Waals surface area contributed by atoms with Gasteiger partial charge in [0.2, 0.25) is 0 Å².